The second-order valence-corrected chi connectivity index (χ2v) is 8.96. The number of carbonyl (C=O) groups excluding carboxylic acids is 1. The number of anilines is 4. The van der Waals surface area contributed by atoms with E-state index < -0.39 is 0 Å². The fourth-order valence-corrected chi connectivity index (χ4v) is 4.40. The van der Waals surface area contributed by atoms with E-state index in [-0.39, 0.29) is 11.5 Å². The zero-order valence-electron chi connectivity index (χ0n) is 21.3. The van der Waals surface area contributed by atoms with Gasteiger partial charge in [-0.15, -0.1) is 0 Å². The first kappa shape index (κ1) is 25.0. The van der Waals surface area contributed by atoms with Gasteiger partial charge in [-0.05, 0) is 49.0 Å². The van der Waals surface area contributed by atoms with E-state index in [4.69, 9.17) is 4.74 Å². The number of aromatic nitrogens is 3. The number of fused-ring (bicyclic) bond motifs is 1. The van der Waals surface area contributed by atoms with Gasteiger partial charge in [0, 0.05) is 48.2 Å². The van der Waals surface area contributed by atoms with Crippen LogP contribution in [0.2, 0.25) is 0 Å². The van der Waals surface area contributed by atoms with Crippen LogP contribution in [0.5, 0.6) is 5.75 Å². The number of likely N-dealkylation sites (tertiary alicyclic amines) is 1. The third-order valence-corrected chi connectivity index (χ3v) is 6.41. The summed E-state index contributed by atoms with van der Waals surface area (Å²) in [6, 6.07) is 16.4. The van der Waals surface area contributed by atoms with Crippen molar-refractivity contribution >= 4 is 40.0 Å². The largest absolute Gasteiger partial charge is 0.494 e. The Bertz CT molecular complexity index is 1560. The SMILES string of the molecule is C=CC(=O)Nc1cccc(-n2c(=O)ccc3cnc(Nc4ccc(NC5CN(CC)C5)cc4OC)nc32)c1. The summed E-state index contributed by atoms with van der Waals surface area (Å²) in [5.41, 5.74) is 2.92. The first-order chi connectivity index (χ1) is 18.5. The molecular weight excluding hydrogens is 482 g/mol. The summed E-state index contributed by atoms with van der Waals surface area (Å²) in [6.07, 6.45) is 2.84. The molecule has 1 aliphatic heterocycles. The van der Waals surface area contributed by atoms with Crippen LogP contribution in [0.15, 0.2) is 78.2 Å². The third-order valence-electron chi connectivity index (χ3n) is 6.41. The smallest absolute Gasteiger partial charge is 0.256 e. The summed E-state index contributed by atoms with van der Waals surface area (Å²) < 4.78 is 7.10. The summed E-state index contributed by atoms with van der Waals surface area (Å²) >= 11 is 0. The van der Waals surface area contributed by atoms with Crippen LogP contribution in [-0.2, 0) is 4.79 Å². The summed E-state index contributed by atoms with van der Waals surface area (Å²) in [4.78, 5) is 36.2. The minimum Gasteiger partial charge on any atom is -0.494 e. The van der Waals surface area contributed by atoms with E-state index in [1.54, 1.807) is 43.6 Å². The van der Waals surface area contributed by atoms with Crippen molar-refractivity contribution in [2.45, 2.75) is 13.0 Å². The van der Waals surface area contributed by atoms with Gasteiger partial charge in [0.05, 0.1) is 24.5 Å². The van der Waals surface area contributed by atoms with Gasteiger partial charge in [0.25, 0.3) is 5.56 Å². The molecule has 0 saturated carbocycles. The molecule has 1 fully saturated rings. The van der Waals surface area contributed by atoms with Crippen LogP contribution in [0.1, 0.15) is 6.92 Å². The maximum Gasteiger partial charge on any atom is 0.256 e. The Balaban J connectivity index is 1.44. The maximum atomic E-state index is 12.9. The molecule has 1 aliphatic rings. The number of rotatable bonds is 9. The molecule has 10 nitrogen and oxygen atoms in total. The lowest BCUT2D eigenvalue weighted by molar-refractivity contribution is -0.111. The van der Waals surface area contributed by atoms with E-state index in [2.05, 4.69) is 44.3 Å². The van der Waals surface area contributed by atoms with Crippen LogP contribution in [0.3, 0.4) is 0 Å². The summed E-state index contributed by atoms with van der Waals surface area (Å²) in [5, 5.41) is 10.2. The molecule has 2 aromatic heterocycles. The lowest BCUT2D eigenvalue weighted by atomic mass is 10.1. The molecule has 0 unspecified atom stereocenters. The van der Waals surface area contributed by atoms with Gasteiger partial charge >= 0.3 is 0 Å². The average Bonchev–Trinajstić information content (AvgIpc) is 2.91. The number of hydrogen-bond donors (Lipinski definition) is 3. The Labute approximate surface area is 220 Å². The Kier molecular flexibility index (Phi) is 7.05. The van der Waals surface area contributed by atoms with Crippen molar-refractivity contribution in [1.82, 2.24) is 19.4 Å². The molecule has 0 spiro atoms. The van der Waals surface area contributed by atoms with Crippen molar-refractivity contribution in [2.75, 3.05) is 42.7 Å². The number of hydrogen-bond acceptors (Lipinski definition) is 8. The number of benzene rings is 2. The van der Waals surface area contributed by atoms with Gasteiger partial charge in [-0.1, -0.05) is 19.6 Å². The molecule has 1 amide bonds. The molecule has 10 heteroatoms. The first-order valence-electron chi connectivity index (χ1n) is 12.3. The van der Waals surface area contributed by atoms with Crippen molar-refractivity contribution < 1.29 is 9.53 Å². The third kappa shape index (κ3) is 5.21. The highest BCUT2D eigenvalue weighted by Gasteiger charge is 2.25. The first-order valence-corrected chi connectivity index (χ1v) is 12.3. The van der Waals surface area contributed by atoms with Crippen LogP contribution in [-0.4, -0.2) is 58.1 Å². The number of ether oxygens (including phenoxy) is 1. The summed E-state index contributed by atoms with van der Waals surface area (Å²) in [6.45, 7) is 8.74. The van der Waals surface area contributed by atoms with Crippen molar-refractivity contribution in [1.29, 1.82) is 0 Å². The average molecular weight is 512 g/mol. The van der Waals surface area contributed by atoms with Gasteiger partial charge in [-0.2, -0.15) is 4.98 Å². The number of nitrogens with one attached hydrogen (secondary N) is 3. The fraction of sp³-hybridized carbons (Fsp3) is 0.214. The molecular formula is C28H29N7O3. The van der Waals surface area contributed by atoms with Gasteiger partial charge in [-0.3, -0.25) is 19.1 Å². The summed E-state index contributed by atoms with van der Waals surface area (Å²) in [5.74, 6) is 0.609. The van der Waals surface area contributed by atoms with Crippen molar-refractivity contribution in [2.24, 2.45) is 0 Å². The molecule has 0 aliphatic carbocycles. The molecule has 5 rings (SSSR count). The molecule has 3 heterocycles. The maximum absolute atomic E-state index is 12.9. The van der Waals surface area contributed by atoms with Crippen molar-refractivity contribution in [3.05, 3.63) is 83.8 Å². The minimum atomic E-state index is -0.341. The highest BCUT2D eigenvalue weighted by molar-refractivity contribution is 5.99. The fourth-order valence-electron chi connectivity index (χ4n) is 4.40. The number of methoxy groups -OCH3 is 1. The zero-order chi connectivity index (χ0) is 26.6. The van der Waals surface area contributed by atoms with Crippen molar-refractivity contribution in [3.63, 3.8) is 0 Å². The topological polar surface area (TPSA) is 113 Å². The number of nitrogens with zero attached hydrogens (tertiary/aromatic N) is 4. The number of pyridine rings is 1. The van der Waals surface area contributed by atoms with E-state index in [1.807, 2.05) is 18.2 Å². The Morgan fingerprint density at radius 3 is 2.76 bits per heavy atom. The zero-order valence-corrected chi connectivity index (χ0v) is 21.3. The van der Waals surface area contributed by atoms with E-state index in [9.17, 15) is 9.59 Å². The van der Waals surface area contributed by atoms with Gasteiger partial charge in [0.15, 0.2) is 5.65 Å². The van der Waals surface area contributed by atoms with Crippen LogP contribution in [0, 0.1) is 0 Å². The second-order valence-electron chi connectivity index (χ2n) is 8.96. The Hall–Kier alpha value is -4.70. The summed E-state index contributed by atoms with van der Waals surface area (Å²) in [7, 11) is 1.61. The number of amides is 1. The predicted molar refractivity (Wildman–Crippen MR) is 150 cm³/mol. The highest BCUT2D eigenvalue weighted by atomic mass is 16.5. The van der Waals surface area contributed by atoms with Gasteiger partial charge in [0.2, 0.25) is 11.9 Å². The Morgan fingerprint density at radius 1 is 1.16 bits per heavy atom. The Morgan fingerprint density at radius 2 is 2.00 bits per heavy atom. The highest BCUT2D eigenvalue weighted by Crippen LogP contribution is 2.31. The standard InChI is InChI=1S/C28H29N7O3/c1-4-25(36)31-19-7-6-8-22(13-19)35-26(37)12-9-18-15-29-28(33-27(18)35)32-23-11-10-20(14-24(23)38-3)30-21-16-34(5-2)17-21/h4,6-15,21,30H,1,5,16-17H2,2-3H3,(H,31,36)(H,29,32,33). The molecule has 194 valence electrons. The van der Waals surface area contributed by atoms with Gasteiger partial charge in [0.1, 0.15) is 5.75 Å². The van der Waals surface area contributed by atoms with E-state index in [0.717, 1.165) is 25.3 Å². The van der Waals surface area contributed by atoms with Crippen LogP contribution in [0.25, 0.3) is 16.7 Å². The monoisotopic (exact) mass is 511 g/mol. The van der Waals surface area contributed by atoms with Crippen LogP contribution in [0.4, 0.5) is 23.0 Å². The molecule has 1 saturated heterocycles. The van der Waals surface area contributed by atoms with Gasteiger partial charge in [-0.25, -0.2) is 4.98 Å². The minimum absolute atomic E-state index is 0.264. The molecule has 4 aromatic rings. The molecule has 2 aromatic carbocycles. The van der Waals surface area contributed by atoms with E-state index >= 15 is 0 Å². The van der Waals surface area contributed by atoms with Gasteiger partial charge < -0.3 is 20.7 Å². The van der Waals surface area contributed by atoms with E-state index in [1.165, 1.54) is 16.7 Å². The molecule has 0 radical (unpaired) electrons. The number of carbonyl (C=O) groups is 1. The van der Waals surface area contributed by atoms with E-state index in [0.29, 0.717) is 45.8 Å². The van der Waals surface area contributed by atoms with Crippen LogP contribution < -0.4 is 26.2 Å². The van der Waals surface area contributed by atoms with Crippen LogP contribution >= 0.6 is 0 Å². The van der Waals surface area contributed by atoms with Crippen molar-refractivity contribution in [3.8, 4) is 11.4 Å². The molecule has 38 heavy (non-hydrogen) atoms. The predicted octanol–water partition coefficient (Wildman–Crippen LogP) is 3.77. The quantitative estimate of drug-likeness (QED) is 0.291. The number of likely N-dealkylation sites (N-methyl/N-ethyl adjacent to an activating group) is 1. The lowest BCUT2D eigenvalue weighted by Gasteiger charge is -2.39. The second kappa shape index (κ2) is 10.7. The molecule has 3 N–H and O–H groups in total. The molecule has 0 atom stereocenters. The molecule has 0 bridgehead atoms. The normalized spacial score (nSPS) is 13.5. The lowest BCUT2D eigenvalue weighted by Crippen LogP contribution is -2.54.